The SMILES string of the molecule is CC(C)(C)C(=O)OCc1cc(C(=O)CBr)ccc1OC(=O)C(C)(C)C. The fourth-order valence-electron chi connectivity index (χ4n) is 1.66. The lowest BCUT2D eigenvalue weighted by atomic mass is 9.97. The van der Waals surface area contributed by atoms with E-state index in [2.05, 4.69) is 15.9 Å². The quantitative estimate of drug-likeness (QED) is 0.312. The van der Waals surface area contributed by atoms with Gasteiger partial charge in [-0.15, -0.1) is 0 Å². The minimum atomic E-state index is -0.677. The molecule has 1 aromatic rings. The van der Waals surface area contributed by atoms with Crippen molar-refractivity contribution in [2.75, 3.05) is 5.33 Å². The Bertz CT molecular complexity index is 665. The minimum Gasteiger partial charge on any atom is -0.460 e. The predicted octanol–water partition coefficient (Wildman–Crippen LogP) is 4.31. The summed E-state index contributed by atoms with van der Waals surface area (Å²) in [5.74, 6) is -0.613. The van der Waals surface area contributed by atoms with E-state index in [1.165, 1.54) is 0 Å². The van der Waals surface area contributed by atoms with E-state index in [0.717, 1.165) is 0 Å². The minimum absolute atomic E-state index is 0.0771. The third-order valence-electron chi connectivity index (χ3n) is 3.29. The Balaban J connectivity index is 3.12. The smallest absolute Gasteiger partial charge is 0.316 e. The first-order valence-corrected chi connectivity index (χ1v) is 9.10. The second-order valence-corrected chi connectivity index (χ2v) is 8.41. The summed E-state index contributed by atoms with van der Waals surface area (Å²) in [7, 11) is 0. The van der Waals surface area contributed by atoms with E-state index in [1.54, 1.807) is 59.7 Å². The Kier molecular flexibility index (Phi) is 6.94. The number of benzene rings is 1. The van der Waals surface area contributed by atoms with Gasteiger partial charge < -0.3 is 9.47 Å². The van der Waals surface area contributed by atoms with Crippen molar-refractivity contribution in [3.63, 3.8) is 0 Å². The molecule has 25 heavy (non-hydrogen) atoms. The number of carbonyl (C=O) groups excluding carboxylic acids is 3. The Morgan fingerprint density at radius 3 is 2.00 bits per heavy atom. The molecule has 0 unspecified atom stereocenters. The number of carbonyl (C=O) groups is 3. The van der Waals surface area contributed by atoms with Crippen LogP contribution < -0.4 is 4.74 Å². The van der Waals surface area contributed by atoms with Gasteiger partial charge in [0.15, 0.2) is 5.78 Å². The van der Waals surface area contributed by atoms with E-state index in [0.29, 0.717) is 11.1 Å². The van der Waals surface area contributed by atoms with E-state index in [1.807, 2.05) is 0 Å². The Morgan fingerprint density at radius 1 is 0.960 bits per heavy atom. The highest BCUT2D eigenvalue weighted by molar-refractivity contribution is 9.09. The van der Waals surface area contributed by atoms with Crippen LogP contribution in [0.4, 0.5) is 0 Å². The number of halogens is 1. The van der Waals surface area contributed by atoms with E-state index in [-0.39, 0.29) is 29.4 Å². The Hall–Kier alpha value is -1.69. The molecular formula is C19H25BrO5. The molecule has 0 atom stereocenters. The molecular weight excluding hydrogens is 388 g/mol. The van der Waals surface area contributed by atoms with E-state index in [4.69, 9.17) is 9.47 Å². The summed E-state index contributed by atoms with van der Waals surface area (Å²) in [5.41, 5.74) is -0.397. The fourth-order valence-corrected chi connectivity index (χ4v) is 1.98. The summed E-state index contributed by atoms with van der Waals surface area (Å²) in [6, 6.07) is 4.73. The van der Waals surface area contributed by atoms with Crippen molar-refractivity contribution in [1.82, 2.24) is 0 Å². The Morgan fingerprint density at radius 2 is 1.52 bits per heavy atom. The summed E-state index contributed by atoms with van der Waals surface area (Å²) in [6.07, 6.45) is 0. The van der Waals surface area contributed by atoms with Gasteiger partial charge in [0.25, 0.3) is 0 Å². The first kappa shape index (κ1) is 21.4. The normalized spacial score (nSPS) is 11.8. The van der Waals surface area contributed by atoms with Crippen LogP contribution in [0.5, 0.6) is 5.75 Å². The van der Waals surface area contributed by atoms with E-state index >= 15 is 0 Å². The highest BCUT2D eigenvalue weighted by Crippen LogP contribution is 2.26. The van der Waals surface area contributed by atoms with Gasteiger partial charge in [0.1, 0.15) is 12.4 Å². The van der Waals surface area contributed by atoms with Gasteiger partial charge in [0, 0.05) is 11.1 Å². The maximum absolute atomic E-state index is 12.2. The van der Waals surface area contributed by atoms with E-state index in [9.17, 15) is 14.4 Å². The van der Waals surface area contributed by atoms with Crippen LogP contribution in [-0.4, -0.2) is 23.1 Å². The molecule has 0 bridgehead atoms. The van der Waals surface area contributed by atoms with E-state index < -0.39 is 16.8 Å². The van der Waals surface area contributed by atoms with Crippen LogP contribution in [0.1, 0.15) is 57.5 Å². The monoisotopic (exact) mass is 412 g/mol. The molecule has 138 valence electrons. The van der Waals surface area contributed by atoms with Crippen LogP contribution in [0.3, 0.4) is 0 Å². The first-order valence-electron chi connectivity index (χ1n) is 7.98. The number of hydrogen-bond donors (Lipinski definition) is 0. The lowest BCUT2D eigenvalue weighted by molar-refractivity contribution is -0.154. The summed E-state index contributed by atoms with van der Waals surface area (Å²) in [4.78, 5) is 36.0. The van der Waals surface area contributed by atoms with Gasteiger partial charge in [-0.25, -0.2) is 0 Å². The molecule has 0 amide bonds. The lowest BCUT2D eigenvalue weighted by Crippen LogP contribution is -2.26. The number of esters is 2. The van der Waals surface area contributed by atoms with Crippen molar-refractivity contribution in [3.05, 3.63) is 29.3 Å². The number of ether oxygens (including phenoxy) is 2. The molecule has 0 saturated carbocycles. The predicted molar refractivity (Wildman–Crippen MR) is 98.9 cm³/mol. The second-order valence-electron chi connectivity index (χ2n) is 7.84. The van der Waals surface area contributed by atoms with Gasteiger partial charge in [0.2, 0.25) is 0 Å². The summed E-state index contributed by atoms with van der Waals surface area (Å²) in [5, 5.41) is 0.176. The molecule has 1 rings (SSSR count). The molecule has 0 fully saturated rings. The third-order valence-corrected chi connectivity index (χ3v) is 3.80. The van der Waals surface area contributed by atoms with Gasteiger partial charge in [0.05, 0.1) is 16.2 Å². The zero-order valence-electron chi connectivity index (χ0n) is 15.6. The third kappa shape index (κ3) is 6.27. The number of rotatable bonds is 5. The van der Waals surface area contributed by atoms with Gasteiger partial charge in [-0.3, -0.25) is 14.4 Å². The van der Waals surface area contributed by atoms with Gasteiger partial charge in [-0.05, 0) is 59.7 Å². The summed E-state index contributed by atoms with van der Waals surface area (Å²) in [6.45, 7) is 10.4. The zero-order valence-corrected chi connectivity index (χ0v) is 17.2. The molecule has 0 aliphatic rings. The molecule has 0 aliphatic carbocycles. The standard InChI is InChI=1S/C19H25BrO5/c1-18(2,3)16(22)24-11-13-9-12(14(21)10-20)7-8-15(13)25-17(23)19(4,5)6/h7-9H,10-11H2,1-6H3. The van der Waals surface area contributed by atoms with Crippen molar-refractivity contribution >= 4 is 33.7 Å². The van der Waals surface area contributed by atoms with Gasteiger partial charge >= 0.3 is 11.9 Å². The van der Waals surface area contributed by atoms with Gasteiger partial charge in [-0.1, -0.05) is 15.9 Å². The second kappa shape index (κ2) is 8.13. The molecule has 0 spiro atoms. The molecule has 0 heterocycles. The molecule has 0 aromatic heterocycles. The fraction of sp³-hybridized carbons (Fsp3) is 0.526. The topological polar surface area (TPSA) is 69.7 Å². The summed E-state index contributed by atoms with van der Waals surface area (Å²) < 4.78 is 10.8. The zero-order chi connectivity index (χ0) is 19.4. The molecule has 0 saturated heterocycles. The highest BCUT2D eigenvalue weighted by Gasteiger charge is 2.26. The average Bonchev–Trinajstić information content (AvgIpc) is 2.50. The van der Waals surface area contributed by atoms with Crippen LogP contribution in [0.15, 0.2) is 18.2 Å². The Labute approximate surface area is 157 Å². The number of alkyl halides is 1. The number of hydrogen-bond acceptors (Lipinski definition) is 5. The van der Waals surface area contributed by atoms with Crippen molar-refractivity contribution in [3.8, 4) is 5.75 Å². The maximum Gasteiger partial charge on any atom is 0.316 e. The van der Waals surface area contributed by atoms with Crippen LogP contribution >= 0.6 is 15.9 Å². The lowest BCUT2D eigenvalue weighted by Gasteiger charge is -2.20. The van der Waals surface area contributed by atoms with Gasteiger partial charge in [-0.2, -0.15) is 0 Å². The maximum atomic E-state index is 12.2. The van der Waals surface area contributed by atoms with Crippen molar-refractivity contribution in [1.29, 1.82) is 0 Å². The number of Topliss-reactive ketones (excluding diaryl/α,β-unsaturated/α-hetero) is 1. The van der Waals surface area contributed by atoms with Crippen molar-refractivity contribution in [2.24, 2.45) is 10.8 Å². The van der Waals surface area contributed by atoms with Crippen LogP contribution in [-0.2, 0) is 20.9 Å². The average molecular weight is 413 g/mol. The molecule has 5 nitrogen and oxygen atoms in total. The molecule has 6 heteroatoms. The molecule has 1 aromatic carbocycles. The van der Waals surface area contributed by atoms with Crippen molar-refractivity contribution < 1.29 is 23.9 Å². The largest absolute Gasteiger partial charge is 0.460 e. The highest BCUT2D eigenvalue weighted by atomic mass is 79.9. The first-order chi connectivity index (χ1) is 11.4. The van der Waals surface area contributed by atoms with Crippen LogP contribution in [0.2, 0.25) is 0 Å². The van der Waals surface area contributed by atoms with Crippen molar-refractivity contribution in [2.45, 2.75) is 48.1 Å². The number of ketones is 1. The molecule has 0 aliphatic heterocycles. The van der Waals surface area contributed by atoms with Crippen LogP contribution in [0.25, 0.3) is 0 Å². The molecule has 0 radical (unpaired) electrons. The molecule has 0 N–H and O–H groups in total. The summed E-state index contributed by atoms with van der Waals surface area (Å²) >= 11 is 3.13. The van der Waals surface area contributed by atoms with Crippen LogP contribution in [0, 0.1) is 10.8 Å².